The normalized spacial score (nSPS) is 11.5. The van der Waals surface area contributed by atoms with Crippen molar-refractivity contribution in [3.63, 3.8) is 0 Å². The molecule has 58 heavy (non-hydrogen) atoms. The lowest BCUT2D eigenvalue weighted by molar-refractivity contribution is -0.132. The van der Waals surface area contributed by atoms with Crippen molar-refractivity contribution in [2.24, 2.45) is 0 Å². The van der Waals surface area contributed by atoms with Gasteiger partial charge in [-0.05, 0) is 122 Å². The summed E-state index contributed by atoms with van der Waals surface area (Å²) in [6.45, 7) is 9.00. The second kappa shape index (κ2) is 23.6. The van der Waals surface area contributed by atoms with Gasteiger partial charge in [0.1, 0.15) is 23.1 Å². The Morgan fingerprint density at radius 2 is 1.21 bits per heavy atom. The second-order valence-corrected chi connectivity index (χ2v) is 15.7. The van der Waals surface area contributed by atoms with Crippen LogP contribution in [0.25, 0.3) is 28.8 Å². The molecule has 0 aliphatic carbocycles. The first-order chi connectivity index (χ1) is 28.4. The van der Waals surface area contributed by atoms with Crippen LogP contribution in [0.2, 0.25) is 0 Å². The summed E-state index contributed by atoms with van der Waals surface area (Å²) in [5.41, 5.74) is 6.14. The fourth-order valence-corrected chi connectivity index (χ4v) is 7.81. The van der Waals surface area contributed by atoms with Crippen molar-refractivity contribution in [1.29, 1.82) is 5.26 Å². The Hall–Kier alpha value is -5.52. The largest absolute Gasteiger partial charge is 0.494 e. The molecular formula is C50H59N3O4S. The van der Waals surface area contributed by atoms with Gasteiger partial charge in [-0.2, -0.15) is 5.26 Å². The van der Waals surface area contributed by atoms with Crippen molar-refractivity contribution in [3.8, 4) is 28.1 Å². The van der Waals surface area contributed by atoms with Crippen LogP contribution in [-0.2, 0) is 11.3 Å². The molecule has 0 saturated heterocycles. The Morgan fingerprint density at radius 3 is 1.72 bits per heavy atom. The van der Waals surface area contributed by atoms with Gasteiger partial charge in [-0.1, -0.05) is 96.8 Å². The Balaban J connectivity index is 1.37. The van der Waals surface area contributed by atoms with Crippen LogP contribution in [-0.4, -0.2) is 28.9 Å². The Kier molecular flexibility index (Phi) is 17.8. The highest BCUT2D eigenvalue weighted by Gasteiger charge is 2.15. The fraction of sp³-hybridized carbons (Fsp3) is 0.360. The number of hydrogen-bond acceptors (Lipinski definition) is 6. The van der Waals surface area contributed by atoms with E-state index in [-0.39, 0.29) is 5.57 Å². The van der Waals surface area contributed by atoms with E-state index in [1.54, 1.807) is 6.07 Å². The van der Waals surface area contributed by atoms with E-state index in [0.717, 1.165) is 101 Å². The third-order valence-electron chi connectivity index (χ3n) is 10.1. The number of ether oxygens (including phenoxy) is 2. The van der Waals surface area contributed by atoms with E-state index in [1.165, 1.54) is 68.8 Å². The summed E-state index contributed by atoms with van der Waals surface area (Å²) in [6, 6.07) is 35.3. The van der Waals surface area contributed by atoms with Gasteiger partial charge in [-0.15, -0.1) is 11.3 Å². The van der Waals surface area contributed by atoms with Gasteiger partial charge in [0.2, 0.25) is 0 Å². The van der Waals surface area contributed by atoms with Crippen molar-refractivity contribution in [1.82, 2.24) is 4.57 Å². The molecule has 7 nitrogen and oxygen atoms in total. The van der Waals surface area contributed by atoms with Crippen LogP contribution in [0, 0.1) is 11.3 Å². The van der Waals surface area contributed by atoms with Gasteiger partial charge in [0, 0.05) is 34.2 Å². The van der Waals surface area contributed by atoms with E-state index in [4.69, 9.17) is 9.47 Å². The minimum absolute atomic E-state index is 0.270. The molecule has 0 atom stereocenters. The lowest BCUT2D eigenvalue weighted by Gasteiger charge is -2.26. The van der Waals surface area contributed by atoms with Gasteiger partial charge in [-0.25, -0.2) is 4.79 Å². The third-order valence-corrected chi connectivity index (χ3v) is 11.1. The molecule has 0 aliphatic rings. The summed E-state index contributed by atoms with van der Waals surface area (Å²) < 4.78 is 14.5. The molecule has 8 heteroatoms. The highest BCUT2D eigenvalue weighted by atomic mass is 32.1. The summed E-state index contributed by atoms with van der Waals surface area (Å²) in [5, 5.41) is 18.6. The average molecular weight is 798 g/mol. The number of carbonyl (C=O) groups is 1. The quantitative estimate of drug-likeness (QED) is 0.0359. The van der Waals surface area contributed by atoms with Crippen LogP contribution in [0.4, 0.5) is 17.1 Å². The standard InChI is InChI=1S/C50H59N3O4S/c1-4-7-10-13-34-52-41(26-32-48(52)49-33-31-47(58-49)37-40(38-51)50(54)55)19-16-39-17-20-42(21-18-39)53(43-22-27-45(28-23-43)56-35-14-11-8-5-2)44-24-29-46(30-25-44)57-36-15-12-9-6-3/h16-33,37H,4-15,34-36H2,1-3H3,(H,54,55)/b19-16+,40-37+. The number of benzene rings is 3. The lowest BCUT2D eigenvalue weighted by atomic mass is 10.1. The topological polar surface area (TPSA) is 87.7 Å². The van der Waals surface area contributed by atoms with Crippen LogP contribution in [0.5, 0.6) is 11.5 Å². The molecule has 0 bridgehead atoms. The van der Waals surface area contributed by atoms with E-state index in [2.05, 4.69) is 127 Å². The van der Waals surface area contributed by atoms with Crippen LogP contribution in [0.15, 0.2) is 103 Å². The number of aromatic nitrogens is 1. The number of thiophene rings is 1. The number of rotatable bonds is 25. The Morgan fingerprint density at radius 1 is 0.672 bits per heavy atom. The molecule has 5 aromatic rings. The molecule has 0 amide bonds. The molecule has 2 heterocycles. The smallest absolute Gasteiger partial charge is 0.346 e. The zero-order chi connectivity index (χ0) is 41.0. The first kappa shape index (κ1) is 43.6. The molecule has 0 unspecified atom stereocenters. The van der Waals surface area contributed by atoms with Crippen molar-refractivity contribution in [2.45, 2.75) is 104 Å². The maximum atomic E-state index is 11.4. The zero-order valence-corrected chi connectivity index (χ0v) is 35.3. The number of nitriles is 1. The Bertz CT molecular complexity index is 2030. The zero-order valence-electron chi connectivity index (χ0n) is 34.5. The summed E-state index contributed by atoms with van der Waals surface area (Å²) in [6.07, 6.45) is 19.8. The van der Waals surface area contributed by atoms with Crippen molar-refractivity contribution in [3.05, 3.63) is 119 Å². The van der Waals surface area contributed by atoms with Crippen molar-refractivity contribution >= 4 is 52.6 Å². The highest BCUT2D eigenvalue weighted by Crippen LogP contribution is 2.37. The summed E-state index contributed by atoms with van der Waals surface area (Å²) in [5.74, 6) is 0.548. The molecule has 304 valence electrons. The molecule has 0 aliphatic heterocycles. The number of nitrogens with zero attached hydrogens (tertiary/aromatic N) is 3. The average Bonchev–Trinajstić information content (AvgIpc) is 3.88. The fourth-order valence-electron chi connectivity index (χ4n) is 6.83. The van der Waals surface area contributed by atoms with Crippen molar-refractivity contribution in [2.75, 3.05) is 18.1 Å². The van der Waals surface area contributed by atoms with Crippen LogP contribution < -0.4 is 14.4 Å². The van der Waals surface area contributed by atoms with Crippen LogP contribution in [0.1, 0.15) is 114 Å². The second-order valence-electron chi connectivity index (χ2n) is 14.6. The van der Waals surface area contributed by atoms with Gasteiger partial charge in [-0.3, -0.25) is 0 Å². The van der Waals surface area contributed by atoms with Crippen LogP contribution >= 0.6 is 11.3 Å². The van der Waals surface area contributed by atoms with Crippen molar-refractivity contribution < 1.29 is 19.4 Å². The number of anilines is 3. The van der Waals surface area contributed by atoms with E-state index >= 15 is 0 Å². The maximum Gasteiger partial charge on any atom is 0.346 e. The number of unbranched alkanes of at least 4 members (excludes halogenated alkanes) is 9. The molecular weight excluding hydrogens is 739 g/mol. The SMILES string of the molecule is CCCCCCOc1ccc(N(c2ccc(/C=C/c3ccc(-c4ccc(/C=C(\C#N)C(=O)O)s4)n3CCCCCC)cc2)c2ccc(OCCCCCC)cc2)cc1. The molecule has 5 rings (SSSR count). The van der Waals surface area contributed by atoms with E-state index in [1.807, 2.05) is 12.1 Å². The number of carboxylic acids is 1. The van der Waals surface area contributed by atoms with Crippen LogP contribution in [0.3, 0.4) is 0 Å². The first-order valence-corrected chi connectivity index (χ1v) is 21.9. The minimum atomic E-state index is -1.22. The molecule has 1 N–H and O–H groups in total. The minimum Gasteiger partial charge on any atom is -0.494 e. The van der Waals surface area contributed by atoms with E-state index in [9.17, 15) is 15.2 Å². The highest BCUT2D eigenvalue weighted by molar-refractivity contribution is 7.16. The molecule has 2 aromatic heterocycles. The number of aliphatic carboxylic acids is 1. The van der Waals surface area contributed by atoms with Gasteiger partial charge in [0.15, 0.2) is 0 Å². The predicted octanol–water partition coefficient (Wildman–Crippen LogP) is 14.3. The molecule has 0 fully saturated rings. The number of hydrogen-bond donors (Lipinski definition) is 1. The third kappa shape index (κ3) is 13.0. The van der Waals surface area contributed by atoms with Gasteiger partial charge in [0.05, 0.1) is 23.8 Å². The predicted molar refractivity (Wildman–Crippen MR) is 242 cm³/mol. The molecule has 3 aromatic carbocycles. The Labute approximate surface area is 349 Å². The monoisotopic (exact) mass is 797 g/mol. The number of carboxylic acid groups (broad SMARTS) is 1. The summed E-state index contributed by atoms with van der Waals surface area (Å²) in [7, 11) is 0. The molecule has 0 radical (unpaired) electrons. The van der Waals surface area contributed by atoms with E-state index in [0.29, 0.717) is 0 Å². The maximum absolute atomic E-state index is 11.4. The lowest BCUT2D eigenvalue weighted by Crippen LogP contribution is -2.10. The molecule has 0 saturated carbocycles. The summed E-state index contributed by atoms with van der Waals surface area (Å²) in [4.78, 5) is 15.5. The molecule has 0 spiro atoms. The van der Waals surface area contributed by atoms with Gasteiger partial charge in [0.25, 0.3) is 0 Å². The van der Waals surface area contributed by atoms with Gasteiger partial charge < -0.3 is 24.0 Å². The van der Waals surface area contributed by atoms with Gasteiger partial charge >= 0.3 is 5.97 Å². The first-order valence-electron chi connectivity index (χ1n) is 21.1. The summed E-state index contributed by atoms with van der Waals surface area (Å²) >= 11 is 1.49. The van der Waals surface area contributed by atoms with E-state index < -0.39 is 5.97 Å².